The predicted octanol–water partition coefficient (Wildman–Crippen LogP) is 0.779. The lowest BCUT2D eigenvalue weighted by molar-refractivity contribution is -0.130. The van der Waals surface area contributed by atoms with Crippen LogP contribution in [0.1, 0.15) is 47.5 Å². The van der Waals surface area contributed by atoms with Gasteiger partial charge >= 0.3 is 0 Å². The van der Waals surface area contributed by atoms with Crippen molar-refractivity contribution < 1.29 is 9.59 Å². The maximum absolute atomic E-state index is 11.8. The Hall–Kier alpha value is -1.10. The molecule has 0 spiro atoms. The van der Waals surface area contributed by atoms with Gasteiger partial charge in [0, 0.05) is 6.04 Å². The third-order valence-electron chi connectivity index (χ3n) is 3.31. The molecule has 0 saturated heterocycles. The molecular weight excluding hydrogens is 230 g/mol. The Kier molecular flexibility index (Phi) is 7.59. The van der Waals surface area contributed by atoms with Crippen LogP contribution in [0.3, 0.4) is 0 Å². The van der Waals surface area contributed by atoms with Crippen molar-refractivity contribution in [2.75, 3.05) is 0 Å². The Balaban J connectivity index is 4.26. The highest BCUT2D eigenvalue weighted by atomic mass is 16.2. The summed E-state index contributed by atoms with van der Waals surface area (Å²) in [4.78, 5) is 23.5. The van der Waals surface area contributed by atoms with Crippen molar-refractivity contribution in [2.45, 2.75) is 65.6 Å². The maximum atomic E-state index is 11.8. The molecule has 0 heterocycles. The molecule has 0 aliphatic rings. The van der Waals surface area contributed by atoms with Gasteiger partial charge in [0.1, 0.15) is 6.04 Å². The van der Waals surface area contributed by atoms with Crippen LogP contribution in [0.15, 0.2) is 0 Å². The molecule has 0 aromatic heterocycles. The van der Waals surface area contributed by atoms with Crippen molar-refractivity contribution in [3.63, 3.8) is 0 Å². The molecule has 18 heavy (non-hydrogen) atoms. The zero-order valence-corrected chi connectivity index (χ0v) is 12.1. The van der Waals surface area contributed by atoms with Crippen molar-refractivity contribution in [3.8, 4) is 0 Å². The summed E-state index contributed by atoms with van der Waals surface area (Å²) in [5.74, 6) is -0.333. The summed E-state index contributed by atoms with van der Waals surface area (Å²) < 4.78 is 0. The molecule has 0 aromatic rings. The SMILES string of the molecule is CCC(C)NC(=O)C(C)NC(=O)C(N)C(C)CC. The van der Waals surface area contributed by atoms with Crippen LogP contribution in [0, 0.1) is 5.92 Å². The number of hydrogen-bond acceptors (Lipinski definition) is 3. The van der Waals surface area contributed by atoms with Crippen LogP contribution in [0.25, 0.3) is 0 Å². The van der Waals surface area contributed by atoms with E-state index in [0.717, 1.165) is 12.8 Å². The molecule has 5 heteroatoms. The highest BCUT2D eigenvalue weighted by Crippen LogP contribution is 2.05. The van der Waals surface area contributed by atoms with Crippen molar-refractivity contribution in [1.29, 1.82) is 0 Å². The van der Waals surface area contributed by atoms with E-state index in [0.29, 0.717) is 0 Å². The predicted molar refractivity (Wildman–Crippen MR) is 72.9 cm³/mol. The van der Waals surface area contributed by atoms with Crippen LogP contribution in [0.2, 0.25) is 0 Å². The fourth-order valence-corrected chi connectivity index (χ4v) is 1.36. The second-order valence-corrected chi connectivity index (χ2v) is 4.96. The van der Waals surface area contributed by atoms with Gasteiger partial charge < -0.3 is 16.4 Å². The molecule has 4 unspecified atom stereocenters. The number of amides is 2. The van der Waals surface area contributed by atoms with Crippen LogP contribution in [-0.4, -0.2) is 29.9 Å². The first-order valence-corrected chi connectivity index (χ1v) is 6.69. The second kappa shape index (κ2) is 8.08. The van der Waals surface area contributed by atoms with E-state index in [9.17, 15) is 9.59 Å². The summed E-state index contributed by atoms with van der Waals surface area (Å²) in [6, 6.07) is -1.00. The number of carbonyl (C=O) groups is 2. The quantitative estimate of drug-likeness (QED) is 0.630. The van der Waals surface area contributed by atoms with Crippen molar-refractivity contribution in [3.05, 3.63) is 0 Å². The van der Waals surface area contributed by atoms with Crippen molar-refractivity contribution in [2.24, 2.45) is 11.7 Å². The number of nitrogens with two attached hydrogens (primary N) is 1. The van der Waals surface area contributed by atoms with Gasteiger partial charge in [-0.25, -0.2) is 0 Å². The Morgan fingerprint density at radius 1 is 1.00 bits per heavy atom. The normalized spacial score (nSPS) is 17.4. The summed E-state index contributed by atoms with van der Waals surface area (Å²) in [6.07, 6.45) is 1.70. The second-order valence-electron chi connectivity index (χ2n) is 4.96. The van der Waals surface area contributed by atoms with E-state index in [1.807, 2.05) is 27.7 Å². The molecule has 5 nitrogen and oxygen atoms in total. The number of hydrogen-bond donors (Lipinski definition) is 3. The van der Waals surface area contributed by atoms with Crippen LogP contribution < -0.4 is 16.4 Å². The van der Waals surface area contributed by atoms with E-state index in [1.165, 1.54) is 0 Å². The van der Waals surface area contributed by atoms with Crippen molar-refractivity contribution >= 4 is 11.8 Å². The fourth-order valence-electron chi connectivity index (χ4n) is 1.36. The maximum Gasteiger partial charge on any atom is 0.242 e. The average Bonchev–Trinajstić information content (AvgIpc) is 2.36. The van der Waals surface area contributed by atoms with Crippen LogP contribution in [0.5, 0.6) is 0 Å². The van der Waals surface area contributed by atoms with E-state index in [4.69, 9.17) is 5.73 Å². The lowest BCUT2D eigenvalue weighted by Crippen LogP contribution is -2.53. The highest BCUT2D eigenvalue weighted by molar-refractivity contribution is 5.89. The minimum absolute atomic E-state index is 0.106. The highest BCUT2D eigenvalue weighted by Gasteiger charge is 2.23. The molecule has 0 bridgehead atoms. The summed E-state index contributed by atoms with van der Waals surface area (Å²) >= 11 is 0. The van der Waals surface area contributed by atoms with Gasteiger partial charge in [0.2, 0.25) is 11.8 Å². The standard InChI is InChI=1S/C13H27N3O2/c1-6-8(3)11(14)13(18)16-10(5)12(17)15-9(4)7-2/h8-11H,6-7,14H2,1-5H3,(H,15,17)(H,16,18). The third kappa shape index (κ3) is 5.49. The monoisotopic (exact) mass is 257 g/mol. The third-order valence-corrected chi connectivity index (χ3v) is 3.31. The Morgan fingerprint density at radius 3 is 2.00 bits per heavy atom. The Labute approximate surface area is 110 Å². The molecule has 0 aromatic carbocycles. The van der Waals surface area contributed by atoms with E-state index in [2.05, 4.69) is 10.6 Å². The molecule has 4 N–H and O–H groups in total. The van der Waals surface area contributed by atoms with Gasteiger partial charge in [-0.05, 0) is 26.2 Å². The Bertz CT molecular complexity index is 281. The molecule has 0 aliphatic heterocycles. The van der Waals surface area contributed by atoms with Crippen LogP contribution in [0.4, 0.5) is 0 Å². The Morgan fingerprint density at radius 2 is 1.56 bits per heavy atom. The average molecular weight is 257 g/mol. The topological polar surface area (TPSA) is 84.2 Å². The minimum Gasteiger partial charge on any atom is -0.352 e. The van der Waals surface area contributed by atoms with Gasteiger partial charge in [0.25, 0.3) is 0 Å². The summed E-state index contributed by atoms with van der Waals surface area (Å²) in [5.41, 5.74) is 5.80. The fraction of sp³-hybridized carbons (Fsp3) is 0.846. The van der Waals surface area contributed by atoms with E-state index in [1.54, 1.807) is 6.92 Å². The van der Waals surface area contributed by atoms with Gasteiger partial charge in [-0.3, -0.25) is 9.59 Å². The smallest absolute Gasteiger partial charge is 0.242 e. The molecule has 0 rings (SSSR count). The largest absolute Gasteiger partial charge is 0.352 e. The van der Waals surface area contributed by atoms with Crippen molar-refractivity contribution in [1.82, 2.24) is 10.6 Å². The summed E-state index contributed by atoms with van der Waals surface area (Å²) in [7, 11) is 0. The number of rotatable bonds is 7. The first-order chi connectivity index (χ1) is 8.33. The molecular formula is C13H27N3O2. The van der Waals surface area contributed by atoms with E-state index in [-0.39, 0.29) is 23.8 Å². The number of carbonyl (C=O) groups excluding carboxylic acids is 2. The number of nitrogens with one attached hydrogen (secondary N) is 2. The van der Waals surface area contributed by atoms with Gasteiger partial charge in [0.15, 0.2) is 0 Å². The summed E-state index contributed by atoms with van der Waals surface area (Å²) in [5, 5.41) is 5.47. The van der Waals surface area contributed by atoms with Crippen LogP contribution >= 0.6 is 0 Å². The first-order valence-electron chi connectivity index (χ1n) is 6.69. The molecule has 0 saturated carbocycles. The molecule has 0 aliphatic carbocycles. The molecule has 0 fully saturated rings. The zero-order valence-electron chi connectivity index (χ0n) is 12.1. The zero-order chi connectivity index (χ0) is 14.3. The van der Waals surface area contributed by atoms with E-state index >= 15 is 0 Å². The molecule has 106 valence electrons. The molecule has 0 radical (unpaired) electrons. The first kappa shape index (κ1) is 16.9. The van der Waals surface area contributed by atoms with Gasteiger partial charge in [-0.15, -0.1) is 0 Å². The van der Waals surface area contributed by atoms with E-state index < -0.39 is 12.1 Å². The van der Waals surface area contributed by atoms with Crippen LogP contribution in [-0.2, 0) is 9.59 Å². The lowest BCUT2D eigenvalue weighted by Gasteiger charge is -2.21. The molecule has 2 amide bonds. The molecule has 4 atom stereocenters. The summed E-state index contributed by atoms with van der Waals surface area (Å²) in [6.45, 7) is 9.49. The minimum atomic E-state index is -0.561. The van der Waals surface area contributed by atoms with Gasteiger partial charge in [-0.1, -0.05) is 27.2 Å². The van der Waals surface area contributed by atoms with Gasteiger partial charge in [0.05, 0.1) is 6.04 Å². The van der Waals surface area contributed by atoms with Gasteiger partial charge in [-0.2, -0.15) is 0 Å². The lowest BCUT2D eigenvalue weighted by atomic mass is 9.99.